The van der Waals surface area contributed by atoms with E-state index >= 15 is 0 Å². The van der Waals surface area contributed by atoms with Crippen LogP contribution in [-0.4, -0.2) is 36.0 Å². The number of benzene rings is 2. The molecule has 170 valence electrons. The number of carbonyl (C=O) groups excluding carboxylic acids is 2. The number of aryl methyl sites for hydroxylation is 1. The first-order valence-corrected chi connectivity index (χ1v) is 10.5. The summed E-state index contributed by atoms with van der Waals surface area (Å²) in [6.45, 7) is 1.65. The number of nitrogens with one attached hydrogen (secondary N) is 1. The maximum absolute atomic E-state index is 13.4. The van der Waals surface area contributed by atoms with E-state index in [2.05, 4.69) is 15.3 Å². The molecule has 33 heavy (non-hydrogen) atoms. The molecule has 0 fully saturated rings. The van der Waals surface area contributed by atoms with E-state index in [0.717, 1.165) is 18.5 Å². The summed E-state index contributed by atoms with van der Waals surface area (Å²) < 4.78 is 27.7. The van der Waals surface area contributed by atoms with Gasteiger partial charge >= 0.3 is 5.97 Å². The molecular weight excluding hydrogens is 549 g/mol. The molecule has 0 saturated heterocycles. The quantitative estimate of drug-likeness (QED) is 0.331. The van der Waals surface area contributed by atoms with E-state index in [-0.39, 0.29) is 30.0 Å². The lowest BCUT2D eigenvalue weighted by Gasteiger charge is -2.15. The number of anilines is 1. The third-order valence-electron chi connectivity index (χ3n) is 4.57. The first kappa shape index (κ1) is 24.2. The molecule has 2 N–H and O–H groups in total. The van der Waals surface area contributed by atoms with Crippen LogP contribution in [0.4, 0.5) is 14.6 Å². The average Bonchev–Trinajstić information content (AvgIpc) is 2.75. The molecule has 0 spiro atoms. The summed E-state index contributed by atoms with van der Waals surface area (Å²) in [6.07, 6.45) is 1.10. The fourth-order valence-corrected chi connectivity index (χ4v) is 3.63. The van der Waals surface area contributed by atoms with E-state index in [1.54, 1.807) is 41.9 Å². The van der Waals surface area contributed by atoms with Crippen LogP contribution in [0, 0.1) is 18.6 Å². The van der Waals surface area contributed by atoms with Gasteiger partial charge < -0.3 is 10.4 Å². The Kier molecular flexibility index (Phi) is 7.63. The van der Waals surface area contributed by atoms with Crippen LogP contribution in [0.2, 0.25) is 0 Å². The average molecular weight is 566 g/mol. The fourth-order valence-electron chi connectivity index (χ4n) is 2.99. The number of hydrogen-bond acceptors (Lipinski definition) is 5. The number of halogens is 3. The maximum Gasteiger partial charge on any atom is 0.335 e. The van der Waals surface area contributed by atoms with Crippen molar-refractivity contribution < 1.29 is 28.3 Å². The molecule has 0 saturated carbocycles. The lowest BCUT2D eigenvalue weighted by molar-refractivity contribution is -0.115. The van der Waals surface area contributed by atoms with Gasteiger partial charge in [0.15, 0.2) is 11.6 Å². The number of aromatic nitrogens is 2. The number of rotatable bonds is 7. The van der Waals surface area contributed by atoms with Gasteiger partial charge in [-0.3, -0.25) is 12.7 Å². The smallest absolute Gasteiger partial charge is 0.335 e. The van der Waals surface area contributed by atoms with Crippen molar-refractivity contribution in [2.75, 3.05) is 5.32 Å². The third-order valence-corrected chi connectivity index (χ3v) is 5.34. The van der Waals surface area contributed by atoms with E-state index in [1.165, 1.54) is 21.3 Å². The lowest BCUT2D eigenvalue weighted by Crippen LogP contribution is -2.22. The molecule has 0 aliphatic carbocycles. The van der Waals surface area contributed by atoms with Gasteiger partial charge in [0.05, 0.1) is 41.4 Å². The monoisotopic (exact) mass is 566 g/mol. The van der Waals surface area contributed by atoms with Crippen LogP contribution in [0.3, 0.4) is 0 Å². The highest BCUT2D eigenvalue weighted by atomic mass is 127. The number of carboxylic acid groups (broad SMARTS) is 1. The zero-order valence-corrected chi connectivity index (χ0v) is 19.3. The predicted molar refractivity (Wildman–Crippen MR) is 123 cm³/mol. The van der Waals surface area contributed by atoms with Crippen molar-refractivity contribution in [1.29, 1.82) is 0 Å². The summed E-state index contributed by atoms with van der Waals surface area (Å²) in [6, 6.07) is 9.26. The van der Waals surface area contributed by atoms with E-state index in [1.807, 2.05) is 0 Å². The molecule has 2 aromatic carbocycles. The predicted octanol–water partition coefficient (Wildman–Crippen LogP) is 3.94. The number of hydrogen-bond donors (Lipinski definition) is 2. The van der Waals surface area contributed by atoms with Gasteiger partial charge in [0.25, 0.3) is 5.91 Å². The summed E-state index contributed by atoms with van der Waals surface area (Å²) in [7, 11) is 0. The Bertz CT molecular complexity index is 1240. The Morgan fingerprint density at radius 2 is 1.76 bits per heavy atom. The minimum atomic E-state index is -1.05. The van der Waals surface area contributed by atoms with Crippen molar-refractivity contribution in [1.82, 2.24) is 13.1 Å². The van der Waals surface area contributed by atoms with E-state index in [9.17, 15) is 23.2 Å². The highest BCUT2D eigenvalue weighted by Crippen LogP contribution is 2.17. The molecule has 3 rings (SSSR count). The Morgan fingerprint density at radius 1 is 1.03 bits per heavy atom. The number of carbonyl (C=O) groups is 3. The van der Waals surface area contributed by atoms with E-state index in [0.29, 0.717) is 16.7 Å². The highest BCUT2D eigenvalue weighted by molar-refractivity contribution is 14.1. The van der Waals surface area contributed by atoms with Crippen LogP contribution in [0.15, 0.2) is 48.8 Å². The summed E-state index contributed by atoms with van der Waals surface area (Å²) in [5, 5.41) is 11.7. The molecule has 0 bridgehead atoms. The molecular formula is C22H17F2IN4O4. The van der Waals surface area contributed by atoms with E-state index in [4.69, 9.17) is 5.11 Å². The normalized spacial score (nSPS) is 10.5. The first-order chi connectivity index (χ1) is 15.6. The second kappa shape index (κ2) is 10.4. The van der Waals surface area contributed by atoms with Gasteiger partial charge in [-0.25, -0.2) is 23.5 Å². The van der Waals surface area contributed by atoms with Crippen molar-refractivity contribution >= 4 is 46.5 Å². The zero-order chi connectivity index (χ0) is 24.1. The van der Waals surface area contributed by atoms with Crippen molar-refractivity contribution in [3.63, 3.8) is 0 Å². The highest BCUT2D eigenvalue weighted by Gasteiger charge is 2.18. The minimum absolute atomic E-state index is 0.000982. The fraction of sp³-hybridized carbons (Fsp3) is 0.136. The van der Waals surface area contributed by atoms with Crippen molar-refractivity contribution in [2.24, 2.45) is 0 Å². The van der Waals surface area contributed by atoms with Crippen LogP contribution >= 0.6 is 22.9 Å². The minimum Gasteiger partial charge on any atom is -0.478 e. The van der Waals surface area contributed by atoms with Gasteiger partial charge in [0, 0.05) is 6.07 Å². The number of aromatic carboxylic acids is 1. The number of nitrogens with zero attached hydrogens (tertiary/aromatic N) is 3. The molecule has 1 aromatic heterocycles. The Labute approximate surface area is 201 Å². The molecule has 0 aliphatic heterocycles. The van der Waals surface area contributed by atoms with Crippen molar-refractivity contribution in [2.45, 2.75) is 19.9 Å². The second-order valence-electron chi connectivity index (χ2n) is 7.04. The zero-order valence-electron chi connectivity index (χ0n) is 17.2. The van der Waals surface area contributed by atoms with Crippen molar-refractivity contribution in [3.05, 3.63) is 88.4 Å². The Balaban J connectivity index is 1.65. The number of carboxylic acids is 1. The van der Waals surface area contributed by atoms with Crippen LogP contribution in [-0.2, 0) is 17.8 Å². The molecule has 11 heteroatoms. The summed E-state index contributed by atoms with van der Waals surface area (Å²) >= 11 is 1.74. The van der Waals surface area contributed by atoms with Gasteiger partial charge in [-0.05, 0) is 41.8 Å². The molecule has 0 radical (unpaired) electrons. The first-order valence-electron chi connectivity index (χ1n) is 9.50. The third kappa shape index (κ3) is 6.28. The Morgan fingerprint density at radius 3 is 2.42 bits per heavy atom. The molecule has 1 heterocycles. The van der Waals surface area contributed by atoms with Gasteiger partial charge in [0.2, 0.25) is 5.91 Å². The van der Waals surface area contributed by atoms with Crippen LogP contribution in [0.1, 0.15) is 37.5 Å². The molecule has 0 atom stereocenters. The van der Waals surface area contributed by atoms with Gasteiger partial charge in [-0.15, -0.1) is 0 Å². The summed E-state index contributed by atoms with van der Waals surface area (Å²) in [5.74, 6) is -3.86. The summed E-state index contributed by atoms with van der Waals surface area (Å²) in [4.78, 5) is 44.0. The maximum atomic E-state index is 13.4. The lowest BCUT2D eigenvalue weighted by atomic mass is 10.0. The van der Waals surface area contributed by atoms with Crippen LogP contribution in [0.25, 0.3) is 0 Å². The van der Waals surface area contributed by atoms with Crippen LogP contribution in [0.5, 0.6) is 0 Å². The summed E-state index contributed by atoms with van der Waals surface area (Å²) in [5.41, 5.74) is 1.70. The molecule has 2 amide bonds. The second-order valence-corrected chi connectivity index (χ2v) is 8.21. The van der Waals surface area contributed by atoms with Crippen LogP contribution < -0.4 is 5.32 Å². The van der Waals surface area contributed by atoms with Gasteiger partial charge in [-0.2, -0.15) is 0 Å². The molecule has 3 aromatic rings. The topological polar surface area (TPSA) is 112 Å². The molecule has 0 unspecified atom stereocenters. The molecule has 8 nitrogen and oxygen atoms in total. The molecule has 0 aliphatic rings. The standard InChI is InChI=1S/C22H17F2IN4O4/c1-12-6-13(2-4-15(12)22(32)33)8-20(30)28-19-9-18(26-11-27-19)21(31)29(25)10-14-3-5-16(23)17(24)7-14/h2-7,9,11H,8,10H2,1H3,(H,32,33)(H,26,27,28,30). The van der Waals surface area contributed by atoms with Gasteiger partial charge in [-0.1, -0.05) is 18.2 Å². The number of amides is 2. The Hall–Kier alpha value is -3.48. The van der Waals surface area contributed by atoms with Crippen molar-refractivity contribution in [3.8, 4) is 0 Å². The van der Waals surface area contributed by atoms with E-state index < -0.39 is 29.4 Å². The SMILES string of the molecule is Cc1cc(CC(=O)Nc2cc(C(=O)N(I)Cc3ccc(F)c(F)c3)ncn2)ccc1C(=O)O. The van der Waals surface area contributed by atoms with Gasteiger partial charge in [0.1, 0.15) is 17.8 Å². The largest absolute Gasteiger partial charge is 0.478 e.